The number of aromatic nitrogens is 2. The lowest BCUT2D eigenvalue weighted by atomic mass is 9.90. The van der Waals surface area contributed by atoms with E-state index in [0.29, 0.717) is 16.6 Å². The van der Waals surface area contributed by atoms with Gasteiger partial charge in [-0.25, -0.2) is 4.63 Å². The van der Waals surface area contributed by atoms with Crippen LogP contribution in [0.5, 0.6) is 0 Å². The number of benzene rings is 1. The first-order valence-electron chi connectivity index (χ1n) is 7.22. The van der Waals surface area contributed by atoms with Crippen molar-refractivity contribution in [2.75, 3.05) is 7.05 Å². The summed E-state index contributed by atoms with van der Waals surface area (Å²) >= 11 is 0. The number of carbonyl (C=O) groups excluding carboxylic acids is 1. The zero-order chi connectivity index (χ0) is 15.5. The third kappa shape index (κ3) is 2.73. The molecule has 1 aromatic carbocycles. The molecular weight excluding hydrogens is 284 g/mol. The third-order valence-electron chi connectivity index (χ3n) is 4.25. The summed E-state index contributed by atoms with van der Waals surface area (Å²) in [4.78, 5) is 17.2. The Bertz CT molecular complexity index is 728. The van der Waals surface area contributed by atoms with E-state index in [4.69, 9.17) is 5.53 Å². The maximum atomic E-state index is 12.6. The summed E-state index contributed by atoms with van der Waals surface area (Å²) in [6.07, 6.45) is 3.33. The molecular formula is C14H16N6O2. The predicted octanol–water partition coefficient (Wildman–Crippen LogP) is 2.92. The highest BCUT2D eigenvalue weighted by Gasteiger charge is 2.26. The normalized spacial score (nSPS) is 21.3. The van der Waals surface area contributed by atoms with Crippen molar-refractivity contribution in [1.29, 1.82) is 0 Å². The zero-order valence-electron chi connectivity index (χ0n) is 12.2. The average molecular weight is 300 g/mol. The minimum atomic E-state index is -0.0443. The molecule has 1 aromatic heterocycles. The maximum Gasteiger partial charge on any atom is 0.253 e. The second-order valence-electron chi connectivity index (χ2n) is 5.55. The van der Waals surface area contributed by atoms with Gasteiger partial charge in [0.1, 0.15) is 11.0 Å². The number of hydrogen-bond acceptors (Lipinski definition) is 5. The van der Waals surface area contributed by atoms with Crippen LogP contribution >= 0.6 is 0 Å². The summed E-state index contributed by atoms with van der Waals surface area (Å²) in [7, 11) is 1.81. The van der Waals surface area contributed by atoms with Crippen LogP contribution in [-0.2, 0) is 0 Å². The van der Waals surface area contributed by atoms with E-state index in [9.17, 15) is 4.79 Å². The second kappa shape index (κ2) is 6.03. The van der Waals surface area contributed by atoms with Gasteiger partial charge in [0.25, 0.3) is 5.91 Å². The molecule has 114 valence electrons. The van der Waals surface area contributed by atoms with Gasteiger partial charge in [0.15, 0.2) is 0 Å². The molecule has 8 heteroatoms. The van der Waals surface area contributed by atoms with Crippen molar-refractivity contribution in [3.8, 4) is 0 Å². The molecule has 0 aliphatic heterocycles. The van der Waals surface area contributed by atoms with Crippen LogP contribution in [0, 0.1) is 0 Å². The number of nitrogens with zero attached hydrogens (tertiary/aromatic N) is 6. The van der Waals surface area contributed by atoms with Gasteiger partial charge in [-0.15, -0.1) is 0 Å². The molecule has 0 radical (unpaired) electrons. The van der Waals surface area contributed by atoms with Crippen molar-refractivity contribution in [1.82, 2.24) is 15.2 Å². The van der Waals surface area contributed by atoms with Crippen LogP contribution in [-0.4, -0.2) is 40.3 Å². The molecule has 0 bridgehead atoms. The van der Waals surface area contributed by atoms with Gasteiger partial charge in [0, 0.05) is 29.6 Å². The molecule has 2 aromatic rings. The number of azide groups is 1. The highest BCUT2D eigenvalue weighted by molar-refractivity contribution is 5.97. The third-order valence-corrected chi connectivity index (χ3v) is 4.25. The SMILES string of the molecule is CN(C(=O)c1ccc2nonc2c1)[C@H]1CC[C@H](N=[N+]=[N-])CC1. The second-order valence-corrected chi connectivity index (χ2v) is 5.55. The fourth-order valence-electron chi connectivity index (χ4n) is 2.92. The Balaban J connectivity index is 1.70. The van der Waals surface area contributed by atoms with E-state index in [1.165, 1.54) is 0 Å². The van der Waals surface area contributed by atoms with Crippen LogP contribution in [0.15, 0.2) is 27.9 Å². The average Bonchev–Trinajstić information content (AvgIpc) is 3.02. The van der Waals surface area contributed by atoms with E-state index in [2.05, 4.69) is 25.0 Å². The van der Waals surface area contributed by atoms with E-state index < -0.39 is 0 Å². The zero-order valence-corrected chi connectivity index (χ0v) is 12.2. The summed E-state index contributed by atoms with van der Waals surface area (Å²) in [5.41, 5.74) is 10.3. The predicted molar refractivity (Wildman–Crippen MR) is 79.1 cm³/mol. The van der Waals surface area contributed by atoms with E-state index in [1.807, 2.05) is 7.05 Å². The molecule has 0 N–H and O–H groups in total. The number of carbonyl (C=O) groups is 1. The first kappa shape index (κ1) is 14.3. The Labute approximate surface area is 126 Å². The van der Waals surface area contributed by atoms with Crippen LogP contribution in [0.2, 0.25) is 0 Å². The van der Waals surface area contributed by atoms with Crippen molar-refractivity contribution >= 4 is 16.9 Å². The minimum Gasteiger partial charge on any atom is -0.339 e. The van der Waals surface area contributed by atoms with Gasteiger partial charge >= 0.3 is 0 Å². The molecule has 1 saturated carbocycles. The largest absolute Gasteiger partial charge is 0.339 e. The van der Waals surface area contributed by atoms with Crippen molar-refractivity contribution in [2.24, 2.45) is 5.11 Å². The molecule has 22 heavy (non-hydrogen) atoms. The summed E-state index contributed by atoms with van der Waals surface area (Å²) in [5, 5.41) is 11.2. The molecule has 1 aliphatic rings. The molecule has 1 amide bonds. The molecule has 0 unspecified atom stereocenters. The Hall–Kier alpha value is -2.60. The fraction of sp³-hybridized carbons (Fsp3) is 0.500. The first-order chi connectivity index (χ1) is 10.7. The fourth-order valence-corrected chi connectivity index (χ4v) is 2.92. The highest BCUT2D eigenvalue weighted by atomic mass is 16.6. The van der Waals surface area contributed by atoms with Gasteiger partial charge in [-0.1, -0.05) is 5.11 Å². The molecule has 3 rings (SSSR count). The lowest BCUT2D eigenvalue weighted by molar-refractivity contribution is 0.0690. The number of rotatable bonds is 3. The monoisotopic (exact) mass is 300 g/mol. The summed E-state index contributed by atoms with van der Waals surface area (Å²) < 4.78 is 4.65. The molecule has 0 saturated heterocycles. The van der Waals surface area contributed by atoms with Gasteiger partial charge in [0.05, 0.1) is 0 Å². The lowest BCUT2D eigenvalue weighted by Crippen LogP contribution is -2.40. The Morgan fingerprint density at radius 3 is 2.77 bits per heavy atom. The van der Waals surface area contributed by atoms with Crippen LogP contribution in [0.3, 0.4) is 0 Å². The first-order valence-corrected chi connectivity index (χ1v) is 7.22. The van der Waals surface area contributed by atoms with Crippen molar-refractivity contribution in [3.63, 3.8) is 0 Å². The Kier molecular flexibility index (Phi) is 3.93. The van der Waals surface area contributed by atoms with Gasteiger partial charge < -0.3 is 4.90 Å². The van der Waals surface area contributed by atoms with Crippen LogP contribution in [0.4, 0.5) is 0 Å². The Morgan fingerprint density at radius 1 is 1.32 bits per heavy atom. The van der Waals surface area contributed by atoms with Crippen LogP contribution in [0.1, 0.15) is 36.0 Å². The maximum absolute atomic E-state index is 12.6. The summed E-state index contributed by atoms with van der Waals surface area (Å²) in [5.74, 6) is -0.0443. The smallest absolute Gasteiger partial charge is 0.253 e. The quantitative estimate of drug-likeness (QED) is 0.493. The van der Waals surface area contributed by atoms with Crippen LogP contribution in [0.25, 0.3) is 21.5 Å². The van der Waals surface area contributed by atoms with E-state index in [1.54, 1.807) is 23.1 Å². The molecule has 0 atom stereocenters. The van der Waals surface area contributed by atoms with Crippen LogP contribution < -0.4 is 0 Å². The number of fused-ring (bicyclic) bond motifs is 1. The molecule has 1 aliphatic carbocycles. The summed E-state index contributed by atoms with van der Waals surface area (Å²) in [6, 6.07) is 5.38. The lowest BCUT2D eigenvalue weighted by Gasteiger charge is -2.33. The van der Waals surface area contributed by atoms with E-state index >= 15 is 0 Å². The number of amides is 1. The number of hydrogen-bond donors (Lipinski definition) is 0. The van der Waals surface area contributed by atoms with Gasteiger partial charge in [0.2, 0.25) is 0 Å². The van der Waals surface area contributed by atoms with Crippen molar-refractivity contribution in [3.05, 3.63) is 34.2 Å². The minimum absolute atomic E-state index is 0.0443. The summed E-state index contributed by atoms with van der Waals surface area (Å²) in [6.45, 7) is 0. The molecule has 1 fully saturated rings. The van der Waals surface area contributed by atoms with Crippen molar-refractivity contribution < 1.29 is 9.42 Å². The molecule has 0 spiro atoms. The molecule has 1 heterocycles. The highest BCUT2D eigenvalue weighted by Crippen LogP contribution is 2.26. The van der Waals surface area contributed by atoms with Gasteiger partial charge in [-0.3, -0.25) is 4.79 Å². The van der Waals surface area contributed by atoms with Crippen molar-refractivity contribution in [2.45, 2.75) is 37.8 Å². The van der Waals surface area contributed by atoms with E-state index in [0.717, 1.165) is 25.7 Å². The Morgan fingerprint density at radius 2 is 2.05 bits per heavy atom. The standard InChI is InChI=1S/C14H16N6O2/c1-20(11-5-3-10(4-6-11)16-19-15)14(21)9-2-7-12-13(8-9)18-22-17-12/h2,7-8,10-11H,3-6H2,1H3/t10-,11-. The molecule has 8 nitrogen and oxygen atoms in total. The van der Waals surface area contributed by atoms with Gasteiger partial charge in [-0.2, -0.15) is 0 Å². The van der Waals surface area contributed by atoms with E-state index in [-0.39, 0.29) is 18.0 Å². The van der Waals surface area contributed by atoms with Gasteiger partial charge in [-0.05, 0) is 59.7 Å². The topological polar surface area (TPSA) is 108 Å².